The Balaban J connectivity index is 2.26. The third-order valence-electron chi connectivity index (χ3n) is 2.82. The number of sulfonamides is 1. The molecule has 0 saturated carbocycles. The lowest BCUT2D eigenvalue weighted by molar-refractivity contribution is 0.466. The van der Waals surface area contributed by atoms with E-state index < -0.39 is 10.0 Å². The van der Waals surface area contributed by atoms with Crippen molar-refractivity contribution in [1.29, 1.82) is 0 Å². The van der Waals surface area contributed by atoms with E-state index in [1.807, 2.05) is 0 Å². The first-order chi connectivity index (χ1) is 9.80. The molecule has 0 amide bonds. The topological polar surface area (TPSA) is 50.3 Å². The second-order valence-electron chi connectivity index (χ2n) is 4.31. The normalized spacial score (nSPS) is 11.9. The van der Waals surface area contributed by atoms with Crippen LogP contribution in [0.5, 0.6) is 0 Å². The molecular formula is C13H11Cl3N2O2S. The van der Waals surface area contributed by atoms with Crippen LogP contribution in [0.1, 0.15) is 5.56 Å². The van der Waals surface area contributed by atoms with Gasteiger partial charge in [-0.2, -0.15) is 4.31 Å². The molecule has 0 aliphatic rings. The number of hydrogen-bond acceptors (Lipinski definition) is 3. The van der Waals surface area contributed by atoms with Crippen molar-refractivity contribution in [2.45, 2.75) is 11.4 Å². The highest BCUT2D eigenvalue weighted by Gasteiger charge is 2.22. The van der Waals surface area contributed by atoms with Gasteiger partial charge in [0.2, 0.25) is 10.0 Å². The van der Waals surface area contributed by atoms with Crippen molar-refractivity contribution in [3.63, 3.8) is 0 Å². The molecule has 0 spiro atoms. The summed E-state index contributed by atoms with van der Waals surface area (Å²) in [4.78, 5) is 3.85. The van der Waals surface area contributed by atoms with E-state index in [0.29, 0.717) is 15.6 Å². The van der Waals surface area contributed by atoms with Crippen molar-refractivity contribution >= 4 is 44.8 Å². The van der Waals surface area contributed by atoms with Gasteiger partial charge in [-0.25, -0.2) is 13.4 Å². The van der Waals surface area contributed by atoms with E-state index in [-0.39, 0.29) is 16.6 Å². The Morgan fingerprint density at radius 1 is 1.14 bits per heavy atom. The Hall–Kier alpha value is -0.850. The van der Waals surface area contributed by atoms with Crippen molar-refractivity contribution in [1.82, 2.24) is 9.29 Å². The SMILES string of the molecule is CN(Cc1ccc(Cl)cc1Cl)S(=O)(=O)c1ccc(Cl)nc1. The van der Waals surface area contributed by atoms with E-state index in [2.05, 4.69) is 4.98 Å². The van der Waals surface area contributed by atoms with Gasteiger partial charge < -0.3 is 0 Å². The standard InChI is InChI=1S/C13H11Cl3N2O2S/c1-18(8-9-2-3-10(14)6-12(9)15)21(19,20)11-4-5-13(16)17-7-11/h2-7H,8H2,1H3. The highest BCUT2D eigenvalue weighted by molar-refractivity contribution is 7.89. The molecule has 2 aromatic rings. The molecule has 21 heavy (non-hydrogen) atoms. The molecule has 2 rings (SSSR count). The van der Waals surface area contributed by atoms with Gasteiger partial charge >= 0.3 is 0 Å². The number of benzene rings is 1. The molecular weight excluding hydrogens is 355 g/mol. The first-order valence-corrected chi connectivity index (χ1v) is 8.40. The average Bonchev–Trinajstić information content (AvgIpc) is 2.42. The maximum Gasteiger partial charge on any atom is 0.244 e. The van der Waals surface area contributed by atoms with Gasteiger partial charge in [-0.1, -0.05) is 40.9 Å². The third-order valence-corrected chi connectivity index (χ3v) is 5.41. The molecule has 8 heteroatoms. The Labute approximate surface area is 138 Å². The van der Waals surface area contributed by atoms with Gasteiger partial charge in [0.05, 0.1) is 0 Å². The zero-order valence-corrected chi connectivity index (χ0v) is 14.0. The molecule has 0 atom stereocenters. The quantitative estimate of drug-likeness (QED) is 0.773. The summed E-state index contributed by atoms with van der Waals surface area (Å²) in [5.41, 5.74) is 0.661. The van der Waals surface area contributed by atoms with Gasteiger partial charge in [0.1, 0.15) is 10.0 Å². The van der Waals surface area contributed by atoms with E-state index in [9.17, 15) is 8.42 Å². The van der Waals surface area contributed by atoms with Crippen LogP contribution in [-0.2, 0) is 16.6 Å². The van der Waals surface area contributed by atoms with E-state index in [1.165, 1.54) is 29.7 Å². The fourth-order valence-corrected chi connectivity index (χ4v) is 3.34. The van der Waals surface area contributed by atoms with Crippen molar-refractivity contribution in [2.75, 3.05) is 7.05 Å². The van der Waals surface area contributed by atoms with E-state index in [4.69, 9.17) is 34.8 Å². The Morgan fingerprint density at radius 3 is 2.43 bits per heavy atom. The molecule has 4 nitrogen and oxygen atoms in total. The van der Waals surface area contributed by atoms with Crippen LogP contribution >= 0.6 is 34.8 Å². The lowest BCUT2D eigenvalue weighted by atomic mass is 10.2. The fraction of sp³-hybridized carbons (Fsp3) is 0.154. The summed E-state index contributed by atoms with van der Waals surface area (Å²) in [5, 5.41) is 1.15. The highest BCUT2D eigenvalue weighted by Crippen LogP contribution is 2.24. The van der Waals surface area contributed by atoms with Crippen LogP contribution in [-0.4, -0.2) is 24.8 Å². The molecule has 0 radical (unpaired) electrons. The minimum atomic E-state index is -3.66. The zero-order chi connectivity index (χ0) is 15.6. The number of halogens is 3. The summed E-state index contributed by atoms with van der Waals surface area (Å²) in [6, 6.07) is 7.76. The Kier molecular flexibility index (Phi) is 5.11. The summed E-state index contributed by atoms with van der Waals surface area (Å²) in [7, 11) is -2.19. The van der Waals surface area contributed by atoms with Crippen LogP contribution in [0.3, 0.4) is 0 Å². The van der Waals surface area contributed by atoms with Crippen LogP contribution in [0.15, 0.2) is 41.4 Å². The fourth-order valence-electron chi connectivity index (χ4n) is 1.67. The van der Waals surface area contributed by atoms with Crippen molar-refractivity contribution < 1.29 is 8.42 Å². The molecule has 112 valence electrons. The monoisotopic (exact) mass is 364 g/mol. The molecule has 0 N–H and O–H groups in total. The largest absolute Gasteiger partial charge is 0.244 e. The predicted molar refractivity (Wildman–Crippen MR) is 84.4 cm³/mol. The van der Waals surface area contributed by atoms with Crippen LogP contribution in [0.2, 0.25) is 15.2 Å². The minimum absolute atomic E-state index is 0.0690. The number of pyridine rings is 1. The average molecular weight is 366 g/mol. The smallest absolute Gasteiger partial charge is 0.243 e. The third kappa shape index (κ3) is 3.87. The molecule has 1 aromatic carbocycles. The van der Waals surface area contributed by atoms with Crippen LogP contribution in [0.25, 0.3) is 0 Å². The summed E-state index contributed by atoms with van der Waals surface area (Å²) in [5.74, 6) is 0. The van der Waals surface area contributed by atoms with Crippen LogP contribution in [0, 0.1) is 0 Å². The van der Waals surface area contributed by atoms with E-state index >= 15 is 0 Å². The summed E-state index contributed by atoms with van der Waals surface area (Å²) < 4.78 is 26.0. The number of rotatable bonds is 4. The van der Waals surface area contributed by atoms with Gasteiger partial charge in [-0.05, 0) is 29.8 Å². The molecule has 0 aliphatic carbocycles. The molecule has 0 bridgehead atoms. The first-order valence-electron chi connectivity index (χ1n) is 5.82. The molecule has 0 fully saturated rings. The molecule has 0 aliphatic heterocycles. The first kappa shape index (κ1) is 16.5. The van der Waals surface area contributed by atoms with Gasteiger partial charge in [0, 0.05) is 29.8 Å². The second-order valence-corrected chi connectivity index (χ2v) is 7.59. The summed E-state index contributed by atoms with van der Waals surface area (Å²) >= 11 is 17.5. The lowest BCUT2D eigenvalue weighted by Gasteiger charge is -2.18. The maximum atomic E-state index is 12.4. The zero-order valence-electron chi connectivity index (χ0n) is 10.9. The van der Waals surface area contributed by atoms with Crippen molar-refractivity contribution in [3.8, 4) is 0 Å². The summed E-state index contributed by atoms with van der Waals surface area (Å²) in [6.07, 6.45) is 1.22. The van der Waals surface area contributed by atoms with Crippen LogP contribution < -0.4 is 0 Å². The second kappa shape index (κ2) is 6.50. The van der Waals surface area contributed by atoms with Gasteiger partial charge in [0.25, 0.3) is 0 Å². The summed E-state index contributed by atoms with van der Waals surface area (Å²) in [6.45, 7) is 0.126. The predicted octanol–water partition coefficient (Wildman–Crippen LogP) is 3.86. The molecule has 0 unspecified atom stereocenters. The lowest BCUT2D eigenvalue weighted by Crippen LogP contribution is -2.26. The van der Waals surface area contributed by atoms with Gasteiger partial charge in [0.15, 0.2) is 0 Å². The molecule has 1 heterocycles. The van der Waals surface area contributed by atoms with Gasteiger partial charge in [-0.3, -0.25) is 0 Å². The molecule has 1 aromatic heterocycles. The van der Waals surface area contributed by atoms with Gasteiger partial charge in [-0.15, -0.1) is 0 Å². The van der Waals surface area contributed by atoms with E-state index in [1.54, 1.807) is 18.2 Å². The Morgan fingerprint density at radius 2 is 1.86 bits per heavy atom. The van der Waals surface area contributed by atoms with E-state index in [0.717, 1.165) is 0 Å². The molecule has 0 saturated heterocycles. The number of hydrogen-bond donors (Lipinski definition) is 0. The highest BCUT2D eigenvalue weighted by atomic mass is 35.5. The minimum Gasteiger partial charge on any atom is -0.243 e. The Bertz CT molecular complexity index is 749. The number of aromatic nitrogens is 1. The number of nitrogens with zero attached hydrogens (tertiary/aromatic N) is 2. The van der Waals surface area contributed by atoms with Crippen molar-refractivity contribution in [3.05, 3.63) is 57.3 Å². The van der Waals surface area contributed by atoms with Crippen LogP contribution in [0.4, 0.5) is 0 Å². The maximum absolute atomic E-state index is 12.4. The van der Waals surface area contributed by atoms with Crippen molar-refractivity contribution in [2.24, 2.45) is 0 Å².